The van der Waals surface area contributed by atoms with Gasteiger partial charge in [-0.2, -0.15) is 0 Å². The molecular weight excluding hydrogens is 378 g/mol. The molecule has 152 valence electrons. The van der Waals surface area contributed by atoms with Crippen LogP contribution in [0, 0.1) is 6.92 Å². The van der Waals surface area contributed by atoms with Gasteiger partial charge < -0.3 is 18.9 Å². The number of methoxy groups -OCH3 is 1. The summed E-state index contributed by atoms with van der Waals surface area (Å²) in [5.74, 6) is 0.784. The molecule has 0 aliphatic carbocycles. The molecule has 6 heteroatoms. The van der Waals surface area contributed by atoms with Gasteiger partial charge in [0.1, 0.15) is 17.0 Å². The Morgan fingerprint density at radius 1 is 0.967 bits per heavy atom. The van der Waals surface area contributed by atoms with E-state index in [9.17, 15) is 0 Å². The Morgan fingerprint density at radius 2 is 1.73 bits per heavy atom. The Bertz CT molecular complexity index is 1180. The van der Waals surface area contributed by atoms with E-state index in [0.717, 1.165) is 65.6 Å². The van der Waals surface area contributed by atoms with Crippen LogP contribution >= 0.6 is 0 Å². The van der Waals surface area contributed by atoms with E-state index >= 15 is 0 Å². The largest absolute Gasteiger partial charge is 0.496 e. The number of fused-ring (bicyclic) bond motifs is 1. The van der Waals surface area contributed by atoms with Crippen LogP contribution in [-0.4, -0.2) is 43.6 Å². The molecule has 0 saturated carbocycles. The normalized spacial score (nSPS) is 14.3. The lowest BCUT2D eigenvalue weighted by Gasteiger charge is -2.28. The summed E-state index contributed by atoms with van der Waals surface area (Å²) in [6, 6.07) is 18.5. The van der Waals surface area contributed by atoms with Gasteiger partial charge in [-0.25, -0.2) is 4.98 Å². The van der Waals surface area contributed by atoms with Gasteiger partial charge in [0.15, 0.2) is 5.58 Å². The molecular formula is C24H23N3O3. The Labute approximate surface area is 175 Å². The number of nitrogens with zero attached hydrogens (tertiary/aromatic N) is 3. The molecule has 0 amide bonds. The average molecular weight is 401 g/mol. The second-order valence-electron chi connectivity index (χ2n) is 7.35. The summed E-state index contributed by atoms with van der Waals surface area (Å²) in [6.45, 7) is 5.28. The van der Waals surface area contributed by atoms with E-state index in [1.54, 1.807) is 7.11 Å². The number of benzene rings is 2. The first-order valence-electron chi connectivity index (χ1n) is 10.1. The maximum atomic E-state index is 5.66. The van der Waals surface area contributed by atoms with Crippen LogP contribution in [0.1, 0.15) is 5.69 Å². The highest BCUT2D eigenvalue weighted by molar-refractivity contribution is 5.94. The third kappa shape index (κ3) is 3.29. The van der Waals surface area contributed by atoms with Gasteiger partial charge in [-0.1, -0.05) is 29.4 Å². The van der Waals surface area contributed by atoms with Gasteiger partial charge >= 0.3 is 0 Å². The van der Waals surface area contributed by atoms with Gasteiger partial charge in [0.25, 0.3) is 0 Å². The fraction of sp³-hybridized carbons (Fsp3) is 0.250. The van der Waals surface area contributed by atoms with Crippen molar-refractivity contribution in [3.05, 3.63) is 60.3 Å². The summed E-state index contributed by atoms with van der Waals surface area (Å²) in [6.07, 6.45) is 0. The number of hydrogen-bond acceptors (Lipinski definition) is 6. The molecule has 1 saturated heterocycles. The molecule has 1 aliphatic heterocycles. The molecule has 0 N–H and O–H groups in total. The van der Waals surface area contributed by atoms with Gasteiger partial charge in [0, 0.05) is 29.9 Å². The molecule has 6 nitrogen and oxygen atoms in total. The third-order valence-electron chi connectivity index (χ3n) is 5.53. The van der Waals surface area contributed by atoms with Crippen molar-refractivity contribution >= 4 is 16.8 Å². The molecule has 5 rings (SSSR count). The highest BCUT2D eigenvalue weighted by Gasteiger charge is 2.18. The minimum absolute atomic E-state index is 0.699. The van der Waals surface area contributed by atoms with Crippen LogP contribution in [-0.2, 0) is 4.74 Å². The molecule has 1 aliphatic rings. The van der Waals surface area contributed by atoms with Crippen LogP contribution in [0.3, 0.4) is 0 Å². The number of anilines is 1. The topological polar surface area (TPSA) is 60.6 Å². The van der Waals surface area contributed by atoms with E-state index in [0.29, 0.717) is 5.58 Å². The zero-order valence-electron chi connectivity index (χ0n) is 17.1. The van der Waals surface area contributed by atoms with Crippen molar-refractivity contribution in [1.29, 1.82) is 0 Å². The number of pyridine rings is 1. The number of hydrogen-bond donors (Lipinski definition) is 0. The highest BCUT2D eigenvalue weighted by Crippen LogP contribution is 2.36. The second kappa shape index (κ2) is 7.80. The van der Waals surface area contributed by atoms with Crippen LogP contribution < -0.4 is 9.64 Å². The van der Waals surface area contributed by atoms with Crippen molar-refractivity contribution in [3.8, 4) is 28.1 Å². The standard InChI is InChI=1S/C24H23N3O3/c1-16-23-24(30-26-16)20(15-21(25-23)19-5-3-4-6-22(19)28-2)17-7-9-18(10-8-17)27-11-13-29-14-12-27/h3-10,15H,11-14H2,1-2H3. The highest BCUT2D eigenvalue weighted by atomic mass is 16.5. The van der Waals surface area contributed by atoms with Crippen molar-refractivity contribution in [2.45, 2.75) is 6.92 Å². The van der Waals surface area contributed by atoms with Crippen LogP contribution in [0.4, 0.5) is 5.69 Å². The second-order valence-corrected chi connectivity index (χ2v) is 7.35. The van der Waals surface area contributed by atoms with Gasteiger partial charge in [-0.15, -0.1) is 0 Å². The molecule has 3 heterocycles. The third-order valence-corrected chi connectivity index (χ3v) is 5.53. The summed E-state index contributed by atoms with van der Waals surface area (Å²) >= 11 is 0. The smallest absolute Gasteiger partial charge is 0.193 e. The molecule has 30 heavy (non-hydrogen) atoms. The van der Waals surface area contributed by atoms with Crippen molar-refractivity contribution < 1.29 is 14.0 Å². The Morgan fingerprint density at radius 3 is 2.50 bits per heavy atom. The maximum absolute atomic E-state index is 5.66. The number of rotatable bonds is 4. The first kappa shape index (κ1) is 18.6. The summed E-state index contributed by atoms with van der Waals surface area (Å²) in [5.41, 5.74) is 7.24. The van der Waals surface area contributed by atoms with Gasteiger partial charge in [0.2, 0.25) is 0 Å². The van der Waals surface area contributed by atoms with Crippen LogP contribution in [0.2, 0.25) is 0 Å². The fourth-order valence-electron chi connectivity index (χ4n) is 3.91. The zero-order chi connectivity index (χ0) is 20.5. The summed E-state index contributed by atoms with van der Waals surface area (Å²) in [4.78, 5) is 7.17. The molecule has 0 spiro atoms. The minimum atomic E-state index is 0.699. The number of ether oxygens (including phenoxy) is 2. The number of aromatic nitrogens is 2. The first-order chi connectivity index (χ1) is 14.7. The molecule has 0 unspecified atom stereocenters. The van der Waals surface area contributed by atoms with Crippen LogP contribution in [0.25, 0.3) is 33.5 Å². The lowest BCUT2D eigenvalue weighted by molar-refractivity contribution is 0.122. The van der Waals surface area contributed by atoms with E-state index in [1.165, 1.54) is 5.69 Å². The SMILES string of the molecule is COc1ccccc1-c1cc(-c2ccc(N3CCOCC3)cc2)c2onc(C)c2n1. The molecule has 0 radical (unpaired) electrons. The van der Waals surface area contributed by atoms with Gasteiger partial charge in [-0.3, -0.25) is 0 Å². The van der Waals surface area contributed by atoms with Gasteiger partial charge in [0.05, 0.1) is 26.0 Å². The Balaban J connectivity index is 1.61. The minimum Gasteiger partial charge on any atom is -0.496 e. The molecule has 0 bridgehead atoms. The van der Waals surface area contributed by atoms with E-state index in [4.69, 9.17) is 19.0 Å². The predicted octanol–water partition coefficient (Wildman–Crippen LogP) is 4.71. The lowest BCUT2D eigenvalue weighted by atomic mass is 10.0. The molecule has 4 aromatic rings. The van der Waals surface area contributed by atoms with Crippen molar-refractivity contribution in [2.24, 2.45) is 0 Å². The Hall–Kier alpha value is -3.38. The van der Waals surface area contributed by atoms with Crippen molar-refractivity contribution in [1.82, 2.24) is 10.1 Å². The fourth-order valence-corrected chi connectivity index (χ4v) is 3.91. The van der Waals surface area contributed by atoms with Crippen LogP contribution in [0.15, 0.2) is 59.1 Å². The number of para-hydroxylation sites is 1. The van der Waals surface area contributed by atoms with E-state index < -0.39 is 0 Å². The monoisotopic (exact) mass is 401 g/mol. The van der Waals surface area contributed by atoms with E-state index in [1.807, 2.05) is 31.2 Å². The predicted molar refractivity (Wildman–Crippen MR) is 117 cm³/mol. The summed E-state index contributed by atoms with van der Waals surface area (Å²) < 4.78 is 16.7. The van der Waals surface area contributed by atoms with E-state index in [2.05, 4.69) is 40.4 Å². The quantitative estimate of drug-likeness (QED) is 0.494. The Kier molecular flexibility index (Phi) is 4.85. The van der Waals surface area contributed by atoms with Gasteiger partial charge in [-0.05, 0) is 42.8 Å². The zero-order valence-corrected chi connectivity index (χ0v) is 17.1. The number of aryl methyl sites for hydroxylation is 1. The maximum Gasteiger partial charge on any atom is 0.193 e. The first-order valence-corrected chi connectivity index (χ1v) is 10.1. The van der Waals surface area contributed by atoms with E-state index in [-0.39, 0.29) is 0 Å². The lowest BCUT2D eigenvalue weighted by Crippen LogP contribution is -2.36. The average Bonchev–Trinajstić information content (AvgIpc) is 3.20. The van der Waals surface area contributed by atoms with Crippen molar-refractivity contribution in [3.63, 3.8) is 0 Å². The summed E-state index contributed by atoms with van der Waals surface area (Å²) in [5, 5.41) is 4.16. The van der Waals surface area contributed by atoms with Crippen LogP contribution in [0.5, 0.6) is 5.75 Å². The number of morpholine rings is 1. The molecule has 1 fully saturated rings. The molecule has 2 aromatic heterocycles. The molecule has 2 aromatic carbocycles. The van der Waals surface area contributed by atoms with Crippen molar-refractivity contribution in [2.75, 3.05) is 38.3 Å². The molecule has 0 atom stereocenters. The summed E-state index contributed by atoms with van der Waals surface area (Å²) in [7, 11) is 1.67.